The molecule has 2 aliphatic heterocycles. The fraction of sp³-hybridized carbons (Fsp3) is 0.867. The number of carbonyl (C=O) groups is 2. The minimum Gasteiger partial charge on any atom is -0.481 e. The molecule has 21 heavy (non-hydrogen) atoms. The van der Waals surface area contributed by atoms with Crippen LogP contribution in [0.5, 0.6) is 0 Å². The lowest BCUT2D eigenvalue weighted by Crippen LogP contribution is -2.50. The summed E-state index contributed by atoms with van der Waals surface area (Å²) in [4.78, 5) is 27.5. The van der Waals surface area contributed by atoms with Crippen LogP contribution < -0.4 is 0 Å². The van der Waals surface area contributed by atoms with Gasteiger partial charge in [0.2, 0.25) is 0 Å². The van der Waals surface area contributed by atoms with Crippen molar-refractivity contribution in [3.63, 3.8) is 0 Å². The van der Waals surface area contributed by atoms with Crippen LogP contribution in [0.4, 0.5) is 4.79 Å². The number of rotatable bonds is 2. The molecule has 0 aromatic carbocycles. The van der Waals surface area contributed by atoms with Crippen molar-refractivity contribution in [3.8, 4) is 0 Å². The second kappa shape index (κ2) is 5.48. The van der Waals surface area contributed by atoms with E-state index in [0.717, 1.165) is 0 Å². The monoisotopic (exact) mass is 298 g/mol. The third kappa shape index (κ3) is 3.00. The highest BCUT2D eigenvalue weighted by Crippen LogP contribution is 2.38. The van der Waals surface area contributed by atoms with Gasteiger partial charge in [-0.25, -0.2) is 4.79 Å². The zero-order chi connectivity index (χ0) is 15.8. The van der Waals surface area contributed by atoms with E-state index < -0.39 is 17.0 Å². The quantitative estimate of drug-likeness (QED) is 0.807. The number of piperidine rings is 1. The van der Waals surface area contributed by atoms with E-state index in [1.165, 1.54) is 0 Å². The summed E-state index contributed by atoms with van der Waals surface area (Å²) in [6.45, 7) is 7.44. The standard InChI is InChI=1S/C15H26N2O4/c1-11(2)15(12(18)19)6-9-17(10-15)13(20)16-7-4-14(3,21)5-8-16/h11,21H,4-10H2,1-3H3,(H,18,19). The second-order valence-electron chi connectivity index (χ2n) is 7.05. The maximum atomic E-state index is 12.5. The summed E-state index contributed by atoms with van der Waals surface area (Å²) in [7, 11) is 0. The van der Waals surface area contributed by atoms with Crippen molar-refractivity contribution in [1.29, 1.82) is 0 Å². The molecule has 0 aliphatic carbocycles. The molecule has 120 valence electrons. The van der Waals surface area contributed by atoms with Crippen LogP contribution in [0, 0.1) is 11.3 Å². The van der Waals surface area contributed by atoms with Crippen LogP contribution in [0.25, 0.3) is 0 Å². The summed E-state index contributed by atoms with van der Waals surface area (Å²) < 4.78 is 0. The molecule has 2 saturated heterocycles. The summed E-state index contributed by atoms with van der Waals surface area (Å²) >= 11 is 0. The molecule has 1 atom stereocenters. The van der Waals surface area contributed by atoms with Crippen molar-refractivity contribution in [2.45, 2.75) is 45.6 Å². The minimum absolute atomic E-state index is 0.00473. The van der Waals surface area contributed by atoms with Crippen LogP contribution in [-0.4, -0.2) is 63.8 Å². The van der Waals surface area contributed by atoms with Gasteiger partial charge in [-0.15, -0.1) is 0 Å². The Balaban J connectivity index is 2.01. The largest absolute Gasteiger partial charge is 0.481 e. The zero-order valence-electron chi connectivity index (χ0n) is 13.1. The molecule has 0 saturated carbocycles. The van der Waals surface area contributed by atoms with Gasteiger partial charge < -0.3 is 20.0 Å². The molecule has 6 heteroatoms. The minimum atomic E-state index is -0.822. The maximum Gasteiger partial charge on any atom is 0.320 e. The van der Waals surface area contributed by atoms with Gasteiger partial charge in [-0.05, 0) is 32.1 Å². The number of carboxylic acid groups (broad SMARTS) is 1. The molecule has 0 aromatic rings. The molecule has 0 aromatic heterocycles. The molecule has 2 rings (SSSR count). The Bertz CT molecular complexity index is 425. The molecular weight excluding hydrogens is 272 g/mol. The van der Waals surface area contributed by atoms with Crippen molar-refractivity contribution >= 4 is 12.0 Å². The van der Waals surface area contributed by atoms with Crippen molar-refractivity contribution < 1.29 is 19.8 Å². The number of aliphatic carboxylic acids is 1. The maximum absolute atomic E-state index is 12.5. The number of amides is 2. The Morgan fingerprint density at radius 3 is 2.00 bits per heavy atom. The average Bonchev–Trinajstić information content (AvgIpc) is 2.84. The Labute approximate surface area is 125 Å². The van der Waals surface area contributed by atoms with Gasteiger partial charge in [0.15, 0.2) is 0 Å². The number of carbonyl (C=O) groups excluding carboxylic acids is 1. The fourth-order valence-electron chi connectivity index (χ4n) is 3.27. The molecule has 0 radical (unpaired) electrons. The lowest BCUT2D eigenvalue weighted by molar-refractivity contribution is -0.150. The van der Waals surface area contributed by atoms with Crippen LogP contribution in [0.1, 0.15) is 40.0 Å². The van der Waals surface area contributed by atoms with E-state index in [2.05, 4.69) is 0 Å². The van der Waals surface area contributed by atoms with E-state index in [1.54, 1.807) is 16.7 Å². The first-order valence-corrected chi connectivity index (χ1v) is 7.68. The molecule has 0 spiro atoms. The number of hydrogen-bond acceptors (Lipinski definition) is 3. The molecule has 0 bridgehead atoms. The van der Waals surface area contributed by atoms with Gasteiger partial charge in [-0.3, -0.25) is 4.79 Å². The summed E-state index contributed by atoms with van der Waals surface area (Å²) in [6.07, 6.45) is 1.65. The van der Waals surface area contributed by atoms with Gasteiger partial charge in [0.05, 0.1) is 11.0 Å². The molecular formula is C15H26N2O4. The molecule has 2 amide bonds. The van der Waals surface area contributed by atoms with Crippen molar-refractivity contribution in [3.05, 3.63) is 0 Å². The summed E-state index contributed by atoms with van der Waals surface area (Å²) in [5, 5.41) is 19.5. The van der Waals surface area contributed by atoms with Crippen LogP contribution in [0.2, 0.25) is 0 Å². The summed E-state index contributed by atoms with van der Waals surface area (Å²) in [6, 6.07) is -0.0886. The van der Waals surface area contributed by atoms with E-state index in [1.807, 2.05) is 13.8 Å². The number of aliphatic hydroxyl groups is 1. The predicted octanol–water partition coefficient (Wildman–Crippen LogP) is 1.39. The molecule has 2 N–H and O–H groups in total. The highest BCUT2D eigenvalue weighted by atomic mass is 16.4. The third-order valence-corrected chi connectivity index (χ3v) is 5.21. The highest BCUT2D eigenvalue weighted by Gasteiger charge is 2.49. The third-order valence-electron chi connectivity index (χ3n) is 5.21. The van der Waals surface area contributed by atoms with Crippen LogP contribution >= 0.6 is 0 Å². The first-order valence-electron chi connectivity index (χ1n) is 7.68. The second-order valence-corrected chi connectivity index (χ2v) is 7.05. The topological polar surface area (TPSA) is 81.1 Å². The van der Waals surface area contributed by atoms with E-state index in [9.17, 15) is 19.8 Å². The van der Waals surface area contributed by atoms with Crippen LogP contribution in [0.3, 0.4) is 0 Å². The van der Waals surface area contributed by atoms with E-state index in [4.69, 9.17) is 0 Å². The lowest BCUT2D eigenvalue weighted by atomic mass is 9.76. The normalized spacial score (nSPS) is 29.0. The number of nitrogens with zero attached hydrogens (tertiary/aromatic N) is 2. The Morgan fingerprint density at radius 2 is 1.57 bits per heavy atom. The van der Waals surface area contributed by atoms with E-state index >= 15 is 0 Å². The first-order chi connectivity index (χ1) is 9.68. The number of likely N-dealkylation sites (tertiary alicyclic amines) is 2. The predicted molar refractivity (Wildman–Crippen MR) is 77.9 cm³/mol. The Hall–Kier alpha value is -1.30. The summed E-state index contributed by atoms with van der Waals surface area (Å²) in [5.41, 5.74) is -1.51. The van der Waals surface area contributed by atoms with Crippen molar-refractivity contribution in [2.24, 2.45) is 11.3 Å². The Morgan fingerprint density at radius 1 is 1.05 bits per heavy atom. The van der Waals surface area contributed by atoms with Gasteiger partial charge in [-0.1, -0.05) is 13.8 Å². The van der Waals surface area contributed by atoms with Crippen LogP contribution in [-0.2, 0) is 4.79 Å². The Kier molecular flexibility index (Phi) is 4.19. The van der Waals surface area contributed by atoms with Gasteiger partial charge in [0.25, 0.3) is 0 Å². The van der Waals surface area contributed by atoms with Gasteiger partial charge in [-0.2, -0.15) is 0 Å². The van der Waals surface area contributed by atoms with E-state index in [-0.39, 0.29) is 18.5 Å². The van der Waals surface area contributed by atoms with Crippen molar-refractivity contribution in [1.82, 2.24) is 9.80 Å². The fourth-order valence-corrected chi connectivity index (χ4v) is 3.27. The number of urea groups is 1. The van der Waals surface area contributed by atoms with Crippen LogP contribution in [0.15, 0.2) is 0 Å². The lowest BCUT2D eigenvalue weighted by Gasteiger charge is -2.38. The number of hydrogen-bond donors (Lipinski definition) is 2. The molecule has 1 unspecified atom stereocenters. The van der Waals surface area contributed by atoms with Gasteiger partial charge in [0, 0.05) is 26.2 Å². The molecule has 2 fully saturated rings. The van der Waals surface area contributed by atoms with Crippen molar-refractivity contribution in [2.75, 3.05) is 26.2 Å². The van der Waals surface area contributed by atoms with Gasteiger partial charge >= 0.3 is 12.0 Å². The number of carboxylic acids is 1. The highest BCUT2D eigenvalue weighted by molar-refractivity contribution is 5.80. The molecule has 6 nitrogen and oxygen atoms in total. The molecule has 2 heterocycles. The average molecular weight is 298 g/mol. The zero-order valence-corrected chi connectivity index (χ0v) is 13.1. The van der Waals surface area contributed by atoms with Gasteiger partial charge in [0.1, 0.15) is 0 Å². The molecule has 2 aliphatic rings. The summed E-state index contributed by atoms with van der Waals surface area (Å²) in [5.74, 6) is -0.815. The van der Waals surface area contributed by atoms with E-state index in [0.29, 0.717) is 38.9 Å². The first kappa shape index (κ1) is 16.1. The SMILES string of the molecule is CC(C)C1(C(=O)O)CCN(C(=O)N2CCC(C)(O)CC2)C1. The smallest absolute Gasteiger partial charge is 0.320 e.